The lowest BCUT2D eigenvalue weighted by Gasteiger charge is -2.42. The molecule has 1 aromatic carbocycles. The number of hydrogen-bond donors (Lipinski definition) is 0. The predicted octanol–water partition coefficient (Wildman–Crippen LogP) is 3.09. The Balaban J connectivity index is 1.21. The van der Waals surface area contributed by atoms with Gasteiger partial charge in [0.2, 0.25) is 0 Å². The zero-order valence-corrected chi connectivity index (χ0v) is 16.3. The van der Waals surface area contributed by atoms with Gasteiger partial charge in [-0.15, -0.1) is 0 Å². The molecule has 5 nitrogen and oxygen atoms in total. The van der Waals surface area contributed by atoms with Crippen molar-refractivity contribution in [2.45, 2.75) is 38.1 Å². The number of pyridine rings is 1. The first kappa shape index (κ1) is 18.9. The van der Waals surface area contributed by atoms with Crippen LogP contribution in [0.4, 0.5) is 0 Å². The first-order valence-electron chi connectivity index (χ1n) is 10.3. The van der Waals surface area contributed by atoms with Crippen molar-refractivity contribution in [2.24, 2.45) is 5.92 Å². The number of aromatic nitrogens is 1. The summed E-state index contributed by atoms with van der Waals surface area (Å²) in [6.45, 7) is 3.76. The molecule has 2 aliphatic rings. The highest BCUT2D eigenvalue weighted by atomic mass is 16.5. The van der Waals surface area contributed by atoms with Gasteiger partial charge in [-0.05, 0) is 43.4 Å². The normalized spacial score (nSPS) is 21.1. The van der Waals surface area contributed by atoms with E-state index in [1.807, 2.05) is 41.0 Å². The van der Waals surface area contributed by atoms with Crippen molar-refractivity contribution < 1.29 is 9.53 Å². The predicted molar refractivity (Wildman–Crippen MR) is 109 cm³/mol. The molecule has 0 aliphatic carbocycles. The molecule has 0 spiro atoms. The third kappa shape index (κ3) is 4.53. The number of benzene rings is 1. The van der Waals surface area contributed by atoms with Gasteiger partial charge in [0.15, 0.2) is 0 Å². The molecule has 2 aromatic rings. The van der Waals surface area contributed by atoms with Crippen molar-refractivity contribution in [3.63, 3.8) is 0 Å². The lowest BCUT2D eigenvalue weighted by molar-refractivity contribution is -0.121. The van der Waals surface area contributed by atoms with Crippen LogP contribution in [-0.2, 0) is 11.3 Å². The van der Waals surface area contributed by atoms with Crippen LogP contribution in [0, 0.1) is 5.92 Å². The molecule has 0 saturated carbocycles. The topological polar surface area (TPSA) is 51.5 Å². The number of fused-ring (bicyclic) bond motifs is 4. The van der Waals surface area contributed by atoms with Gasteiger partial charge in [0.25, 0.3) is 5.56 Å². The molecule has 0 radical (unpaired) electrons. The van der Waals surface area contributed by atoms with Crippen LogP contribution >= 0.6 is 0 Å². The van der Waals surface area contributed by atoms with E-state index >= 15 is 0 Å². The Morgan fingerprint density at radius 2 is 1.86 bits per heavy atom. The molecule has 5 heteroatoms. The first-order chi connectivity index (χ1) is 13.7. The van der Waals surface area contributed by atoms with Crippen molar-refractivity contribution in [1.82, 2.24) is 9.47 Å². The van der Waals surface area contributed by atoms with Gasteiger partial charge in [-0.25, -0.2) is 0 Å². The first-order valence-corrected chi connectivity index (χ1v) is 10.3. The van der Waals surface area contributed by atoms with E-state index in [0.717, 1.165) is 50.3 Å². The number of carbonyl (C=O) groups is 1. The van der Waals surface area contributed by atoms with Gasteiger partial charge in [0.05, 0.1) is 13.2 Å². The minimum atomic E-state index is 0.106. The second-order valence-electron chi connectivity index (χ2n) is 8.05. The molecule has 1 fully saturated rings. The second-order valence-corrected chi connectivity index (χ2v) is 8.05. The van der Waals surface area contributed by atoms with Gasteiger partial charge < -0.3 is 9.30 Å². The quantitative estimate of drug-likeness (QED) is 0.661. The molecule has 4 rings (SSSR count). The highest BCUT2D eigenvalue weighted by molar-refractivity contribution is 5.80. The van der Waals surface area contributed by atoms with Crippen LogP contribution in [0.1, 0.15) is 37.3 Å². The Kier molecular flexibility index (Phi) is 5.91. The number of hydrogen-bond acceptors (Lipinski definition) is 4. The monoisotopic (exact) mass is 380 g/mol. The number of carbonyl (C=O) groups excluding carboxylic acids is 1. The van der Waals surface area contributed by atoms with Gasteiger partial charge in [-0.2, -0.15) is 0 Å². The van der Waals surface area contributed by atoms with Crippen LogP contribution in [0.15, 0.2) is 53.3 Å². The highest BCUT2D eigenvalue weighted by Crippen LogP contribution is 2.34. The minimum Gasteiger partial charge on any atom is -0.494 e. The Morgan fingerprint density at radius 1 is 1.00 bits per heavy atom. The molecule has 0 unspecified atom stereocenters. The summed E-state index contributed by atoms with van der Waals surface area (Å²) < 4.78 is 7.62. The molecule has 2 atom stereocenters. The number of para-hydroxylation sites is 1. The minimum absolute atomic E-state index is 0.106. The number of piperidine rings is 1. The third-order valence-electron chi connectivity index (χ3n) is 5.82. The van der Waals surface area contributed by atoms with Gasteiger partial charge in [-0.3, -0.25) is 14.5 Å². The Labute approximate surface area is 165 Å². The molecule has 2 aliphatic heterocycles. The molecule has 3 heterocycles. The van der Waals surface area contributed by atoms with E-state index < -0.39 is 0 Å². The maximum atomic E-state index is 12.4. The zero-order valence-electron chi connectivity index (χ0n) is 16.3. The number of ketones is 1. The van der Waals surface area contributed by atoms with Crippen molar-refractivity contribution in [1.29, 1.82) is 0 Å². The van der Waals surface area contributed by atoms with Gasteiger partial charge in [0.1, 0.15) is 11.5 Å². The average molecular weight is 380 g/mol. The largest absolute Gasteiger partial charge is 0.494 e. The van der Waals surface area contributed by atoms with E-state index in [9.17, 15) is 9.59 Å². The van der Waals surface area contributed by atoms with Crippen LogP contribution in [0.2, 0.25) is 0 Å². The molecule has 0 N–H and O–H groups in total. The van der Waals surface area contributed by atoms with E-state index in [2.05, 4.69) is 11.0 Å². The van der Waals surface area contributed by atoms with Crippen LogP contribution in [0.5, 0.6) is 5.75 Å². The molecule has 148 valence electrons. The average Bonchev–Trinajstić information content (AvgIpc) is 2.69. The van der Waals surface area contributed by atoms with Gasteiger partial charge in [0, 0.05) is 43.7 Å². The molecular formula is C23H28N2O3. The summed E-state index contributed by atoms with van der Waals surface area (Å²) in [5.41, 5.74) is 1.24. The van der Waals surface area contributed by atoms with Crippen molar-refractivity contribution in [3.05, 3.63) is 64.6 Å². The number of ether oxygens (including phenoxy) is 1. The number of nitrogens with zero attached hydrogens (tertiary/aromatic N) is 2. The van der Waals surface area contributed by atoms with E-state index in [1.54, 1.807) is 6.07 Å². The smallest absolute Gasteiger partial charge is 0.250 e. The lowest BCUT2D eigenvalue weighted by atomic mass is 9.83. The molecule has 28 heavy (non-hydrogen) atoms. The summed E-state index contributed by atoms with van der Waals surface area (Å²) in [5.74, 6) is 2.03. The number of unbranched alkanes of at least 4 members (excludes halogenated alkanes) is 1. The summed E-state index contributed by atoms with van der Waals surface area (Å²) >= 11 is 0. The number of likely N-dealkylation sites (tertiary alicyclic amines) is 1. The fourth-order valence-electron chi connectivity index (χ4n) is 4.58. The van der Waals surface area contributed by atoms with Crippen molar-refractivity contribution >= 4 is 5.78 Å². The summed E-state index contributed by atoms with van der Waals surface area (Å²) in [6.07, 6.45) is 3.50. The van der Waals surface area contributed by atoms with E-state index in [-0.39, 0.29) is 5.56 Å². The van der Waals surface area contributed by atoms with Crippen LogP contribution in [-0.4, -0.2) is 41.5 Å². The summed E-state index contributed by atoms with van der Waals surface area (Å²) in [4.78, 5) is 26.8. The van der Waals surface area contributed by atoms with Gasteiger partial charge in [-0.1, -0.05) is 24.3 Å². The Hall–Kier alpha value is -2.40. The van der Waals surface area contributed by atoms with Crippen LogP contribution < -0.4 is 10.3 Å². The second kappa shape index (κ2) is 8.74. The van der Waals surface area contributed by atoms with E-state index in [4.69, 9.17) is 4.74 Å². The van der Waals surface area contributed by atoms with E-state index in [1.165, 1.54) is 0 Å². The fourth-order valence-corrected chi connectivity index (χ4v) is 4.58. The summed E-state index contributed by atoms with van der Waals surface area (Å²) in [5, 5.41) is 0. The number of Topliss-reactive ketones (excluding diaryl/α,β-unsaturated/α-hetero) is 1. The van der Waals surface area contributed by atoms with Crippen molar-refractivity contribution in [2.75, 3.05) is 26.2 Å². The van der Waals surface area contributed by atoms with E-state index in [0.29, 0.717) is 37.2 Å². The maximum Gasteiger partial charge on any atom is 0.250 e. The molecule has 2 bridgehead atoms. The zero-order chi connectivity index (χ0) is 19.3. The molecule has 0 amide bonds. The maximum absolute atomic E-state index is 12.4. The van der Waals surface area contributed by atoms with Crippen LogP contribution in [0.3, 0.4) is 0 Å². The molecule has 1 saturated heterocycles. The number of rotatable bonds is 8. The molecule has 1 aromatic heterocycles. The molecular weight excluding hydrogens is 352 g/mol. The lowest BCUT2D eigenvalue weighted by Crippen LogP contribution is -2.48. The highest BCUT2D eigenvalue weighted by Gasteiger charge is 2.34. The fraction of sp³-hybridized carbons (Fsp3) is 0.478. The van der Waals surface area contributed by atoms with Crippen LogP contribution in [0.25, 0.3) is 0 Å². The third-order valence-corrected chi connectivity index (χ3v) is 5.82. The summed E-state index contributed by atoms with van der Waals surface area (Å²) in [7, 11) is 0. The standard InChI is InChI=1S/C23H28N2O3/c26-20(7-4-5-12-28-21-8-2-1-3-9-21)17-24-14-18-13-19(16-24)22-10-6-11-23(27)25(22)15-18/h1-3,6,8-11,18-19H,4-5,7,12-17H2/t18-,19-/m0/s1. The van der Waals surface area contributed by atoms with Crippen molar-refractivity contribution in [3.8, 4) is 5.75 Å². The SMILES string of the molecule is O=C(CCCCOc1ccccc1)CN1C[C@@H]2C[C@@H](C1)c1cccc(=O)n1C2. The summed E-state index contributed by atoms with van der Waals surface area (Å²) in [6, 6.07) is 15.4. The van der Waals surface area contributed by atoms with Gasteiger partial charge >= 0.3 is 0 Å². The Morgan fingerprint density at radius 3 is 2.71 bits per heavy atom. The Bertz CT molecular complexity index is 862.